The third-order valence-electron chi connectivity index (χ3n) is 4.73. The molecular weight excluding hydrogens is 290 g/mol. The molecule has 6 heteroatoms. The van der Waals surface area contributed by atoms with Crippen molar-refractivity contribution in [2.24, 2.45) is 0 Å². The fraction of sp³-hybridized carbons (Fsp3) is 0.235. The zero-order valence-corrected chi connectivity index (χ0v) is 12.4. The number of hydrogen-bond donors (Lipinski definition) is 2. The predicted molar refractivity (Wildman–Crippen MR) is 86.0 cm³/mol. The predicted octanol–water partition coefficient (Wildman–Crippen LogP) is 2.78. The Kier molecular flexibility index (Phi) is 2.50. The van der Waals surface area contributed by atoms with E-state index in [0.717, 1.165) is 40.6 Å². The number of Topliss-reactive ketones (excluding diaryl/α,β-unsaturated/α-hetero) is 1. The Labute approximate surface area is 132 Å². The second kappa shape index (κ2) is 4.55. The molecule has 0 amide bonds. The molecule has 3 heterocycles. The van der Waals surface area contributed by atoms with Crippen LogP contribution in [0.5, 0.6) is 0 Å². The van der Waals surface area contributed by atoms with E-state index in [2.05, 4.69) is 26.4 Å². The molecule has 2 aromatic heterocycles. The van der Waals surface area contributed by atoms with Gasteiger partial charge in [-0.05, 0) is 18.9 Å². The maximum atomic E-state index is 12.6. The first-order valence-electron chi connectivity index (χ1n) is 7.82. The number of nitrogens with zero attached hydrogens (tertiary/aromatic N) is 3. The van der Waals surface area contributed by atoms with Crippen molar-refractivity contribution < 1.29 is 4.79 Å². The molecule has 114 valence electrons. The van der Waals surface area contributed by atoms with Gasteiger partial charge in [-0.1, -0.05) is 18.2 Å². The number of aromatic amines is 1. The summed E-state index contributed by atoms with van der Waals surface area (Å²) in [5.74, 6) is 0.906. The Morgan fingerprint density at radius 1 is 1.22 bits per heavy atom. The minimum atomic E-state index is -0.215. The van der Waals surface area contributed by atoms with E-state index in [1.54, 1.807) is 0 Å². The van der Waals surface area contributed by atoms with Crippen molar-refractivity contribution in [2.75, 3.05) is 5.32 Å². The molecule has 2 N–H and O–H groups in total. The monoisotopic (exact) mass is 305 g/mol. The minimum absolute atomic E-state index is 0.204. The number of aromatic nitrogens is 4. The Morgan fingerprint density at radius 3 is 3.09 bits per heavy atom. The van der Waals surface area contributed by atoms with Crippen LogP contribution in [0, 0.1) is 0 Å². The van der Waals surface area contributed by atoms with E-state index in [4.69, 9.17) is 0 Å². The van der Waals surface area contributed by atoms with E-state index in [0.29, 0.717) is 12.4 Å². The van der Waals surface area contributed by atoms with Gasteiger partial charge in [0.15, 0.2) is 5.78 Å². The minimum Gasteiger partial charge on any atom is -0.361 e. The maximum Gasteiger partial charge on any atom is 0.226 e. The molecule has 0 saturated carbocycles. The van der Waals surface area contributed by atoms with Crippen LogP contribution in [0.15, 0.2) is 48.1 Å². The van der Waals surface area contributed by atoms with Crippen molar-refractivity contribution in [3.05, 3.63) is 53.6 Å². The summed E-state index contributed by atoms with van der Waals surface area (Å²) in [4.78, 5) is 20.2. The van der Waals surface area contributed by atoms with Crippen LogP contribution in [0.25, 0.3) is 10.9 Å². The molecule has 23 heavy (non-hydrogen) atoms. The first-order chi connectivity index (χ1) is 11.3. The number of anilines is 1. The van der Waals surface area contributed by atoms with Gasteiger partial charge in [0.2, 0.25) is 5.95 Å². The van der Waals surface area contributed by atoms with Crippen LogP contribution in [0.1, 0.15) is 30.9 Å². The van der Waals surface area contributed by atoms with Gasteiger partial charge in [-0.3, -0.25) is 4.79 Å². The lowest BCUT2D eigenvalue weighted by molar-refractivity contribution is -0.116. The summed E-state index contributed by atoms with van der Waals surface area (Å²) in [5.41, 5.74) is 3.96. The summed E-state index contributed by atoms with van der Waals surface area (Å²) >= 11 is 0. The second-order valence-electron chi connectivity index (χ2n) is 6.01. The number of hydrogen-bond acceptors (Lipinski definition) is 4. The van der Waals surface area contributed by atoms with Crippen LogP contribution < -0.4 is 5.32 Å². The molecule has 0 unspecified atom stereocenters. The average Bonchev–Trinajstić information content (AvgIpc) is 3.19. The highest BCUT2D eigenvalue weighted by Gasteiger charge is 2.37. The zero-order chi connectivity index (χ0) is 15.4. The highest BCUT2D eigenvalue weighted by Crippen LogP contribution is 2.41. The van der Waals surface area contributed by atoms with Crippen LogP contribution in [-0.2, 0) is 4.79 Å². The molecule has 6 nitrogen and oxygen atoms in total. The molecule has 0 radical (unpaired) electrons. The van der Waals surface area contributed by atoms with Gasteiger partial charge in [0.05, 0.1) is 0 Å². The van der Waals surface area contributed by atoms with E-state index < -0.39 is 0 Å². The third-order valence-corrected chi connectivity index (χ3v) is 4.73. The van der Waals surface area contributed by atoms with Crippen LogP contribution in [0.3, 0.4) is 0 Å². The van der Waals surface area contributed by atoms with Crippen LogP contribution >= 0.6 is 0 Å². The van der Waals surface area contributed by atoms with Gasteiger partial charge in [-0.15, -0.1) is 0 Å². The number of ketones is 1. The van der Waals surface area contributed by atoms with Gasteiger partial charge >= 0.3 is 0 Å². The number of H-pyrrole nitrogens is 1. The van der Waals surface area contributed by atoms with E-state index in [1.165, 1.54) is 6.33 Å². The lowest BCUT2D eigenvalue weighted by atomic mass is 9.85. The number of carbonyl (C=O) groups excluding carboxylic acids is 1. The van der Waals surface area contributed by atoms with Crippen LogP contribution in [0.4, 0.5) is 5.95 Å². The third kappa shape index (κ3) is 1.72. The van der Waals surface area contributed by atoms with E-state index in [9.17, 15) is 4.79 Å². The van der Waals surface area contributed by atoms with Gasteiger partial charge in [-0.25, -0.2) is 4.68 Å². The molecule has 0 saturated heterocycles. The number of carbonyl (C=O) groups is 1. The molecule has 1 atom stereocenters. The average molecular weight is 305 g/mol. The summed E-state index contributed by atoms with van der Waals surface area (Å²) in [6.45, 7) is 0. The summed E-state index contributed by atoms with van der Waals surface area (Å²) < 4.78 is 1.82. The van der Waals surface area contributed by atoms with Gasteiger partial charge in [0, 0.05) is 40.4 Å². The van der Waals surface area contributed by atoms with Crippen molar-refractivity contribution in [1.29, 1.82) is 0 Å². The Morgan fingerprint density at radius 2 is 2.13 bits per heavy atom. The molecular formula is C17H15N5O. The zero-order valence-electron chi connectivity index (χ0n) is 12.4. The summed E-state index contributed by atoms with van der Waals surface area (Å²) in [7, 11) is 0. The number of nitrogens with one attached hydrogen (secondary N) is 2. The van der Waals surface area contributed by atoms with Crippen LogP contribution in [-0.4, -0.2) is 25.5 Å². The van der Waals surface area contributed by atoms with Gasteiger partial charge in [-0.2, -0.15) is 10.1 Å². The highest BCUT2D eigenvalue weighted by molar-refractivity contribution is 6.00. The smallest absolute Gasteiger partial charge is 0.226 e. The van der Waals surface area contributed by atoms with Crippen molar-refractivity contribution in [1.82, 2.24) is 19.7 Å². The molecule has 1 aliphatic heterocycles. The van der Waals surface area contributed by atoms with Crippen molar-refractivity contribution in [3.8, 4) is 0 Å². The van der Waals surface area contributed by atoms with E-state index >= 15 is 0 Å². The highest BCUT2D eigenvalue weighted by atomic mass is 16.1. The number of rotatable bonds is 1. The normalized spacial score (nSPS) is 20.3. The Bertz CT molecular complexity index is 964. The first-order valence-corrected chi connectivity index (χ1v) is 7.82. The SMILES string of the molecule is O=C1CCCC2=C1[C@@H](c1c[nH]c3ccccc13)n1ncnc1N2. The summed E-state index contributed by atoms with van der Waals surface area (Å²) in [6.07, 6.45) is 5.89. The van der Waals surface area contributed by atoms with Crippen molar-refractivity contribution >= 4 is 22.6 Å². The first kappa shape index (κ1) is 12.6. The fourth-order valence-electron chi connectivity index (χ4n) is 3.70. The Hall–Kier alpha value is -2.89. The second-order valence-corrected chi connectivity index (χ2v) is 6.01. The lowest BCUT2D eigenvalue weighted by Crippen LogP contribution is -2.31. The molecule has 1 aromatic carbocycles. The number of para-hydroxylation sites is 1. The van der Waals surface area contributed by atoms with Crippen LogP contribution in [0.2, 0.25) is 0 Å². The molecule has 2 aliphatic rings. The molecule has 5 rings (SSSR count). The summed E-state index contributed by atoms with van der Waals surface area (Å²) in [5, 5.41) is 8.77. The fourth-order valence-corrected chi connectivity index (χ4v) is 3.70. The maximum absolute atomic E-state index is 12.6. The summed E-state index contributed by atoms with van der Waals surface area (Å²) in [6, 6.07) is 7.92. The van der Waals surface area contributed by atoms with Crippen molar-refractivity contribution in [3.63, 3.8) is 0 Å². The molecule has 1 aliphatic carbocycles. The number of benzene rings is 1. The van der Waals surface area contributed by atoms with Gasteiger partial charge in [0.25, 0.3) is 0 Å². The standard InChI is InChI=1S/C17H15N5O/c23-14-7-3-6-13-15(14)16(22-17(21-13)19-9-20-22)11-8-18-12-5-2-1-4-10(11)12/h1-2,4-5,8-9,16,18H,3,6-7H2,(H,19,20,21)/t16-/m1/s1. The molecule has 0 bridgehead atoms. The van der Waals surface area contributed by atoms with E-state index in [1.807, 2.05) is 29.1 Å². The largest absolute Gasteiger partial charge is 0.361 e. The van der Waals surface area contributed by atoms with Gasteiger partial charge < -0.3 is 10.3 Å². The Balaban J connectivity index is 1.79. The number of fused-ring (bicyclic) bond motifs is 2. The topological polar surface area (TPSA) is 75.6 Å². The van der Waals surface area contributed by atoms with E-state index in [-0.39, 0.29) is 11.8 Å². The molecule has 0 spiro atoms. The molecule has 3 aromatic rings. The quantitative estimate of drug-likeness (QED) is 0.725. The van der Waals surface area contributed by atoms with Gasteiger partial charge in [0.1, 0.15) is 12.4 Å². The number of allylic oxidation sites excluding steroid dienone is 2. The molecule has 0 fully saturated rings. The van der Waals surface area contributed by atoms with Crippen molar-refractivity contribution in [2.45, 2.75) is 25.3 Å². The lowest BCUT2D eigenvalue weighted by Gasteiger charge is -2.31.